The summed E-state index contributed by atoms with van der Waals surface area (Å²) in [6, 6.07) is 14.0. The van der Waals surface area contributed by atoms with Gasteiger partial charge in [0.15, 0.2) is 0 Å². The van der Waals surface area contributed by atoms with Crippen molar-refractivity contribution in [1.82, 2.24) is 10.3 Å². The Morgan fingerprint density at radius 1 is 1.26 bits per heavy atom. The molecule has 0 saturated carbocycles. The summed E-state index contributed by atoms with van der Waals surface area (Å²) in [7, 11) is 1.87. The van der Waals surface area contributed by atoms with Gasteiger partial charge in [0.25, 0.3) is 6.43 Å². The minimum Gasteiger partial charge on any atom is -0.445 e. The Morgan fingerprint density at radius 3 is 2.53 bits per heavy atom. The molecule has 0 spiro atoms. The highest BCUT2D eigenvalue weighted by atomic mass is 19.3. The molecule has 10 heteroatoms. The predicted molar refractivity (Wildman–Crippen MR) is 122 cm³/mol. The zero-order chi connectivity index (χ0) is 24.7. The minimum absolute atomic E-state index is 0.0397. The average molecular weight is 476 g/mol. The smallest absolute Gasteiger partial charge is 0.294 e. The van der Waals surface area contributed by atoms with Gasteiger partial charge in [0.2, 0.25) is 18.0 Å². The molecule has 1 fully saturated rings. The lowest BCUT2D eigenvalue weighted by Gasteiger charge is -2.35. The van der Waals surface area contributed by atoms with Crippen LogP contribution in [-0.4, -0.2) is 55.8 Å². The number of nitrogens with one attached hydrogen (secondary N) is 1. The molecule has 34 heavy (non-hydrogen) atoms. The highest BCUT2D eigenvalue weighted by Crippen LogP contribution is 2.20. The van der Waals surface area contributed by atoms with E-state index in [1.807, 2.05) is 49.2 Å². The Balaban J connectivity index is 0.000000271. The molecule has 0 aromatic heterocycles. The van der Waals surface area contributed by atoms with E-state index < -0.39 is 18.5 Å². The number of nitrogens with zero attached hydrogens (tertiary/aromatic N) is 3. The number of halogens is 3. The first-order valence-corrected chi connectivity index (χ1v) is 10.9. The summed E-state index contributed by atoms with van der Waals surface area (Å²) in [6.45, 7) is 3.48. The highest BCUT2D eigenvalue weighted by Gasteiger charge is 2.29. The number of aldehydes is 1. The third-order valence-electron chi connectivity index (χ3n) is 5.42. The lowest BCUT2D eigenvalue weighted by Crippen LogP contribution is -2.50. The van der Waals surface area contributed by atoms with Crippen LogP contribution in [0.2, 0.25) is 0 Å². The van der Waals surface area contributed by atoms with Crippen LogP contribution in [0.15, 0.2) is 53.6 Å². The third kappa shape index (κ3) is 6.27. The van der Waals surface area contributed by atoms with Gasteiger partial charge in [-0.1, -0.05) is 31.2 Å². The van der Waals surface area contributed by atoms with E-state index >= 15 is 0 Å². The van der Waals surface area contributed by atoms with Gasteiger partial charge in [0.05, 0.1) is 0 Å². The van der Waals surface area contributed by atoms with Crippen LogP contribution in [0.25, 0.3) is 0 Å². The SMILES string of the molecule is CCC(=O)N1CC(C=O)C1.CN(Cc1ccc(C2=NNC(C(F)F)O2)cc1F)c1ccccc1. The number of carbonyl (C=O) groups is 2. The van der Waals surface area contributed by atoms with Crippen LogP contribution in [0.3, 0.4) is 0 Å². The van der Waals surface area contributed by atoms with Crippen molar-refractivity contribution in [3.05, 3.63) is 65.5 Å². The van der Waals surface area contributed by atoms with Crippen molar-refractivity contribution in [2.45, 2.75) is 32.5 Å². The summed E-state index contributed by atoms with van der Waals surface area (Å²) >= 11 is 0. The lowest BCUT2D eigenvalue weighted by molar-refractivity contribution is -0.138. The standard InChI is InChI=1S/C17H16F3N3O.C7H11NO2/c1-23(13-5-3-2-4-6-13)10-12-8-7-11(9-14(12)18)16-21-22-17(24-16)15(19)20;1-2-7(10)8-3-6(4-8)5-9/h2-9,15,17,22H,10H2,1H3;5-6H,2-4H2,1H3. The predicted octanol–water partition coefficient (Wildman–Crippen LogP) is 3.39. The van der Waals surface area contributed by atoms with E-state index in [0.717, 1.165) is 12.0 Å². The van der Waals surface area contributed by atoms with E-state index in [2.05, 4.69) is 10.5 Å². The monoisotopic (exact) mass is 476 g/mol. The normalized spacial score (nSPS) is 17.1. The number of ether oxygens (including phenoxy) is 1. The van der Waals surface area contributed by atoms with Gasteiger partial charge in [0, 0.05) is 55.8 Å². The zero-order valence-electron chi connectivity index (χ0n) is 19.0. The quantitative estimate of drug-likeness (QED) is 0.621. The van der Waals surface area contributed by atoms with Gasteiger partial charge in [-0.3, -0.25) is 10.2 Å². The number of alkyl halides is 2. The summed E-state index contributed by atoms with van der Waals surface area (Å²) in [6.07, 6.45) is -2.74. The number of hydrogen-bond donors (Lipinski definition) is 1. The maximum absolute atomic E-state index is 14.3. The molecule has 0 radical (unpaired) electrons. The topological polar surface area (TPSA) is 74.2 Å². The molecule has 1 saturated heterocycles. The summed E-state index contributed by atoms with van der Waals surface area (Å²) in [5, 5.41) is 3.68. The summed E-state index contributed by atoms with van der Waals surface area (Å²) in [5.41, 5.74) is 3.95. The van der Waals surface area contributed by atoms with E-state index in [0.29, 0.717) is 37.2 Å². The maximum Gasteiger partial charge on any atom is 0.294 e. The molecule has 2 aliphatic heterocycles. The molecule has 4 rings (SSSR count). The Labute approximate surface area is 196 Å². The van der Waals surface area contributed by atoms with Crippen LogP contribution < -0.4 is 10.3 Å². The lowest BCUT2D eigenvalue weighted by atomic mass is 10.0. The Hall–Kier alpha value is -3.56. The summed E-state index contributed by atoms with van der Waals surface area (Å²) in [5.74, 6) is -0.224. The first kappa shape index (κ1) is 25.1. The fourth-order valence-electron chi connectivity index (χ4n) is 3.40. The van der Waals surface area contributed by atoms with Crippen molar-refractivity contribution in [3.63, 3.8) is 0 Å². The Bertz CT molecular complexity index is 1010. The molecule has 1 unspecified atom stereocenters. The fourth-order valence-corrected chi connectivity index (χ4v) is 3.40. The average Bonchev–Trinajstić information content (AvgIpc) is 3.31. The van der Waals surface area contributed by atoms with Crippen LogP contribution in [0.5, 0.6) is 0 Å². The van der Waals surface area contributed by atoms with Crippen molar-refractivity contribution < 1.29 is 27.5 Å². The number of rotatable bonds is 7. The van der Waals surface area contributed by atoms with Crippen LogP contribution in [0.1, 0.15) is 24.5 Å². The summed E-state index contributed by atoms with van der Waals surface area (Å²) < 4.78 is 44.4. The second-order valence-electron chi connectivity index (χ2n) is 7.97. The van der Waals surface area contributed by atoms with Crippen molar-refractivity contribution in [3.8, 4) is 0 Å². The first-order valence-electron chi connectivity index (χ1n) is 10.9. The Kier molecular flexibility index (Phi) is 8.50. The fraction of sp³-hybridized carbons (Fsp3) is 0.375. The molecule has 2 aliphatic rings. The van der Waals surface area contributed by atoms with Gasteiger partial charge in [-0.2, -0.15) is 0 Å². The van der Waals surface area contributed by atoms with Crippen molar-refractivity contribution in [2.24, 2.45) is 11.0 Å². The molecule has 1 atom stereocenters. The molecule has 1 amide bonds. The maximum atomic E-state index is 14.3. The number of likely N-dealkylation sites (tertiary alicyclic amines) is 1. The molecule has 0 aliphatic carbocycles. The van der Waals surface area contributed by atoms with Gasteiger partial charge in [0.1, 0.15) is 12.1 Å². The van der Waals surface area contributed by atoms with Crippen molar-refractivity contribution in [2.75, 3.05) is 25.0 Å². The zero-order valence-corrected chi connectivity index (χ0v) is 19.0. The van der Waals surface area contributed by atoms with Gasteiger partial charge in [-0.25, -0.2) is 13.2 Å². The number of amides is 1. The Morgan fingerprint density at radius 2 is 1.97 bits per heavy atom. The van der Waals surface area contributed by atoms with Gasteiger partial charge in [-0.05, 0) is 24.3 Å². The van der Waals surface area contributed by atoms with Gasteiger partial charge < -0.3 is 19.3 Å². The second kappa shape index (κ2) is 11.5. The van der Waals surface area contributed by atoms with E-state index in [1.165, 1.54) is 6.07 Å². The molecule has 7 nitrogen and oxygen atoms in total. The summed E-state index contributed by atoms with van der Waals surface area (Å²) in [4.78, 5) is 24.6. The van der Waals surface area contributed by atoms with E-state index in [4.69, 9.17) is 4.74 Å². The van der Waals surface area contributed by atoms with E-state index in [9.17, 15) is 22.8 Å². The third-order valence-corrected chi connectivity index (χ3v) is 5.42. The number of anilines is 1. The van der Waals surface area contributed by atoms with Gasteiger partial charge >= 0.3 is 0 Å². The molecular weight excluding hydrogens is 449 g/mol. The van der Waals surface area contributed by atoms with Crippen LogP contribution >= 0.6 is 0 Å². The molecular formula is C24H27F3N4O3. The minimum atomic E-state index is -2.71. The van der Waals surface area contributed by atoms with Crippen LogP contribution in [0.4, 0.5) is 18.9 Å². The van der Waals surface area contributed by atoms with Crippen LogP contribution in [0, 0.1) is 11.7 Å². The van der Waals surface area contributed by atoms with E-state index in [-0.39, 0.29) is 17.7 Å². The molecule has 2 heterocycles. The van der Waals surface area contributed by atoms with Crippen LogP contribution in [-0.2, 0) is 20.9 Å². The number of para-hydroxylation sites is 1. The molecule has 1 N–H and O–H groups in total. The molecule has 182 valence electrons. The van der Waals surface area contributed by atoms with E-state index in [1.54, 1.807) is 17.0 Å². The number of hydrogen-bond acceptors (Lipinski definition) is 6. The first-order chi connectivity index (χ1) is 16.3. The largest absolute Gasteiger partial charge is 0.445 e. The number of carbonyl (C=O) groups excluding carboxylic acids is 2. The van der Waals surface area contributed by atoms with Gasteiger partial charge in [-0.15, -0.1) is 5.10 Å². The highest BCUT2D eigenvalue weighted by molar-refractivity contribution is 5.94. The van der Waals surface area contributed by atoms with Crippen molar-refractivity contribution in [1.29, 1.82) is 0 Å². The molecule has 2 aromatic carbocycles. The number of benzene rings is 2. The number of hydrazone groups is 1. The second-order valence-corrected chi connectivity index (χ2v) is 7.97. The molecule has 2 aromatic rings. The molecule has 0 bridgehead atoms. The van der Waals surface area contributed by atoms with Crippen molar-refractivity contribution >= 4 is 23.8 Å².